The summed E-state index contributed by atoms with van der Waals surface area (Å²) in [5.74, 6) is 2.10. The highest BCUT2D eigenvalue weighted by Gasteiger charge is 2.03. The smallest absolute Gasteiger partial charge is 0.135 e. The molecule has 0 atom stereocenters. The lowest BCUT2D eigenvalue weighted by molar-refractivity contribution is 0.401. The molecule has 12 heavy (non-hydrogen) atoms. The first-order chi connectivity index (χ1) is 5.79. The zero-order chi connectivity index (χ0) is 8.97. The van der Waals surface area contributed by atoms with E-state index in [1.807, 2.05) is 11.8 Å². The summed E-state index contributed by atoms with van der Waals surface area (Å²) in [7, 11) is 1.72. The van der Waals surface area contributed by atoms with Gasteiger partial charge in [0.15, 0.2) is 0 Å². The third-order valence-electron chi connectivity index (χ3n) is 1.68. The summed E-state index contributed by atoms with van der Waals surface area (Å²) in [6, 6.07) is 6.23. The van der Waals surface area contributed by atoms with Crippen LogP contribution in [0.4, 0.5) is 0 Å². The van der Waals surface area contributed by atoms with Gasteiger partial charge in [0.25, 0.3) is 0 Å². The van der Waals surface area contributed by atoms with Gasteiger partial charge < -0.3 is 4.74 Å². The standard InChI is InChI=1S/C10H14OS/c1-4-12-9-7-5-6-8(2)10(9)11-3/h5-7H,4H2,1-3H3. The number of benzene rings is 1. The van der Waals surface area contributed by atoms with Crippen molar-refractivity contribution in [2.24, 2.45) is 0 Å². The van der Waals surface area contributed by atoms with Gasteiger partial charge in [0.05, 0.1) is 7.11 Å². The van der Waals surface area contributed by atoms with Gasteiger partial charge in [-0.15, -0.1) is 11.8 Å². The van der Waals surface area contributed by atoms with E-state index in [1.165, 1.54) is 10.5 Å². The largest absolute Gasteiger partial charge is 0.495 e. The Morgan fingerprint density at radius 2 is 2.17 bits per heavy atom. The zero-order valence-electron chi connectivity index (χ0n) is 7.76. The van der Waals surface area contributed by atoms with Crippen molar-refractivity contribution in [1.82, 2.24) is 0 Å². The minimum absolute atomic E-state index is 1.02. The lowest BCUT2D eigenvalue weighted by atomic mass is 10.2. The molecule has 0 bridgehead atoms. The van der Waals surface area contributed by atoms with Crippen molar-refractivity contribution in [1.29, 1.82) is 0 Å². The molecule has 0 N–H and O–H groups in total. The third-order valence-corrected chi connectivity index (χ3v) is 2.60. The lowest BCUT2D eigenvalue weighted by Crippen LogP contribution is -1.89. The summed E-state index contributed by atoms with van der Waals surface area (Å²) in [6.07, 6.45) is 0. The van der Waals surface area contributed by atoms with Crippen LogP contribution in [0, 0.1) is 6.92 Å². The fraction of sp³-hybridized carbons (Fsp3) is 0.400. The van der Waals surface area contributed by atoms with Gasteiger partial charge in [-0.3, -0.25) is 0 Å². The van der Waals surface area contributed by atoms with Crippen LogP contribution in [0.15, 0.2) is 23.1 Å². The van der Waals surface area contributed by atoms with Crippen LogP contribution in [0.2, 0.25) is 0 Å². The number of thioether (sulfide) groups is 1. The van der Waals surface area contributed by atoms with Gasteiger partial charge in [0.2, 0.25) is 0 Å². The topological polar surface area (TPSA) is 9.23 Å². The maximum absolute atomic E-state index is 5.31. The van der Waals surface area contributed by atoms with Crippen LogP contribution in [0.25, 0.3) is 0 Å². The average molecular weight is 182 g/mol. The second kappa shape index (κ2) is 4.41. The Morgan fingerprint density at radius 3 is 2.75 bits per heavy atom. The van der Waals surface area contributed by atoms with Crippen LogP contribution < -0.4 is 4.74 Å². The predicted molar refractivity (Wildman–Crippen MR) is 54.1 cm³/mol. The summed E-state index contributed by atoms with van der Waals surface area (Å²) in [4.78, 5) is 1.24. The quantitative estimate of drug-likeness (QED) is 0.664. The first kappa shape index (κ1) is 9.46. The van der Waals surface area contributed by atoms with Crippen molar-refractivity contribution in [3.05, 3.63) is 23.8 Å². The molecule has 1 aromatic carbocycles. The first-order valence-electron chi connectivity index (χ1n) is 4.06. The van der Waals surface area contributed by atoms with Crippen molar-refractivity contribution in [3.8, 4) is 5.75 Å². The third kappa shape index (κ3) is 1.95. The Bertz CT molecular complexity index is 258. The van der Waals surface area contributed by atoms with E-state index in [2.05, 4.69) is 32.0 Å². The number of hydrogen-bond acceptors (Lipinski definition) is 2. The number of methoxy groups -OCH3 is 1. The van der Waals surface area contributed by atoms with Crippen LogP contribution in [-0.2, 0) is 0 Å². The van der Waals surface area contributed by atoms with Crippen molar-refractivity contribution < 1.29 is 4.74 Å². The number of rotatable bonds is 3. The van der Waals surface area contributed by atoms with E-state index in [0.29, 0.717) is 0 Å². The van der Waals surface area contributed by atoms with Gasteiger partial charge in [-0.1, -0.05) is 19.1 Å². The summed E-state index contributed by atoms with van der Waals surface area (Å²) in [5.41, 5.74) is 1.20. The van der Waals surface area contributed by atoms with Crippen molar-refractivity contribution >= 4 is 11.8 Å². The maximum Gasteiger partial charge on any atom is 0.135 e. The number of para-hydroxylation sites is 1. The summed E-state index contributed by atoms with van der Waals surface area (Å²) in [6.45, 7) is 4.21. The highest BCUT2D eigenvalue weighted by molar-refractivity contribution is 7.99. The Labute approximate surface area is 78.1 Å². The molecule has 0 heterocycles. The predicted octanol–water partition coefficient (Wildman–Crippen LogP) is 3.12. The van der Waals surface area contributed by atoms with E-state index in [1.54, 1.807) is 7.11 Å². The second-order valence-electron chi connectivity index (χ2n) is 2.54. The molecule has 0 radical (unpaired) electrons. The van der Waals surface area contributed by atoms with E-state index >= 15 is 0 Å². The Morgan fingerprint density at radius 1 is 1.42 bits per heavy atom. The van der Waals surface area contributed by atoms with Gasteiger partial charge in [0, 0.05) is 4.90 Å². The number of ether oxygens (including phenoxy) is 1. The Hall–Kier alpha value is -0.630. The molecule has 1 aromatic rings. The second-order valence-corrected chi connectivity index (χ2v) is 3.85. The molecule has 1 nitrogen and oxygen atoms in total. The van der Waals surface area contributed by atoms with Gasteiger partial charge >= 0.3 is 0 Å². The van der Waals surface area contributed by atoms with Crippen LogP contribution in [0.1, 0.15) is 12.5 Å². The van der Waals surface area contributed by atoms with Crippen molar-refractivity contribution in [3.63, 3.8) is 0 Å². The zero-order valence-corrected chi connectivity index (χ0v) is 8.57. The molecular weight excluding hydrogens is 168 g/mol. The van der Waals surface area contributed by atoms with Crippen LogP contribution in [0.5, 0.6) is 5.75 Å². The van der Waals surface area contributed by atoms with E-state index in [-0.39, 0.29) is 0 Å². The molecule has 0 fully saturated rings. The lowest BCUT2D eigenvalue weighted by Gasteiger charge is -2.09. The summed E-state index contributed by atoms with van der Waals surface area (Å²) in [5, 5.41) is 0. The molecule has 0 aromatic heterocycles. The minimum Gasteiger partial charge on any atom is -0.495 e. The van der Waals surface area contributed by atoms with Crippen LogP contribution in [0.3, 0.4) is 0 Å². The molecule has 2 heteroatoms. The molecular formula is C10H14OS. The van der Waals surface area contributed by atoms with Gasteiger partial charge in [-0.05, 0) is 24.3 Å². The molecule has 0 spiro atoms. The number of hydrogen-bond donors (Lipinski definition) is 0. The molecule has 0 saturated heterocycles. The van der Waals surface area contributed by atoms with Gasteiger partial charge in [-0.25, -0.2) is 0 Å². The highest BCUT2D eigenvalue weighted by atomic mass is 32.2. The normalized spacial score (nSPS) is 9.92. The number of aryl methyl sites for hydroxylation is 1. The van der Waals surface area contributed by atoms with E-state index in [0.717, 1.165) is 11.5 Å². The first-order valence-corrected chi connectivity index (χ1v) is 5.04. The van der Waals surface area contributed by atoms with Crippen molar-refractivity contribution in [2.45, 2.75) is 18.7 Å². The summed E-state index contributed by atoms with van der Waals surface area (Å²) >= 11 is 1.82. The molecule has 66 valence electrons. The molecule has 0 unspecified atom stereocenters. The van der Waals surface area contributed by atoms with E-state index in [4.69, 9.17) is 4.74 Å². The Kier molecular flexibility index (Phi) is 3.48. The molecule has 0 saturated carbocycles. The molecule has 0 aliphatic rings. The molecule has 0 amide bonds. The highest BCUT2D eigenvalue weighted by Crippen LogP contribution is 2.31. The van der Waals surface area contributed by atoms with E-state index < -0.39 is 0 Å². The van der Waals surface area contributed by atoms with Gasteiger partial charge in [0.1, 0.15) is 5.75 Å². The van der Waals surface area contributed by atoms with Crippen LogP contribution >= 0.6 is 11.8 Å². The monoisotopic (exact) mass is 182 g/mol. The van der Waals surface area contributed by atoms with E-state index in [9.17, 15) is 0 Å². The molecule has 0 aliphatic heterocycles. The SMILES string of the molecule is CCSc1cccc(C)c1OC. The van der Waals surface area contributed by atoms with Gasteiger partial charge in [-0.2, -0.15) is 0 Å². The maximum atomic E-state index is 5.31. The summed E-state index contributed by atoms with van der Waals surface area (Å²) < 4.78 is 5.31. The fourth-order valence-electron chi connectivity index (χ4n) is 1.16. The van der Waals surface area contributed by atoms with Crippen LogP contribution in [-0.4, -0.2) is 12.9 Å². The van der Waals surface area contributed by atoms with Crippen molar-refractivity contribution in [2.75, 3.05) is 12.9 Å². The average Bonchev–Trinajstić information content (AvgIpc) is 2.05. The Balaban J connectivity index is 3.00. The molecule has 0 aliphatic carbocycles. The fourth-order valence-corrected chi connectivity index (χ4v) is 2.02. The molecule has 1 rings (SSSR count). The minimum atomic E-state index is 1.02.